The number of aryl methyl sites for hydroxylation is 1. The standard InChI is InChI=1S/C68H74BN3/c1-62(2,3)45-30-32-55(49(37-45)43-23-15-14-16-24-43)70-57-40-46(63(4,5)6)29-31-53(57)69-54-39-47(64(7,8)9)38-52-61(54)72(67(12)35-22-21-34-65(52,67)10)59-42-48(41-58(70)60(59)69)71-56-28-20-19-27-51(56)66(11)36-33-44-25-17-18-26-50(44)68(66,71)13/h14-20,23-32,37-42H,21-22,33-36H2,1-13H3. The van der Waals surface area contributed by atoms with E-state index < -0.39 is 0 Å². The number of rotatable bonds is 3. The molecule has 4 unspecified atom stereocenters. The van der Waals surface area contributed by atoms with Crippen LogP contribution in [-0.2, 0) is 39.0 Å². The molecule has 7 aromatic rings. The molecule has 0 amide bonds. The van der Waals surface area contributed by atoms with E-state index in [1.165, 1.54) is 120 Å². The fourth-order valence-electron chi connectivity index (χ4n) is 15.3. The lowest BCUT2D eigenvalue weighted by molar-refractivity contribution is 0.195. The molecular formula is C68H74BN3. The molecule has 0 bridgehead atoms. The molecule has 4 heterocycles. The SMILES string of the molecule is CC(C)(C)c1ccc(N2c3cc(C(C)(C)C)ccc3B3c4cc(C(C)(C)C)cc5c4N(c4cc(N6c7ccccc7C7(C)CCc8ccccc8C67C)cc2c43)C2(C)CCCCC52C)c(-c2ccccc2)c1. The Morgan fingerprint density at radius 3 is 1.83 bits per heavy atom. The second-order valence-corrected chi connectivity index (χ2v) is 26.8. The minimum Gasteiger partial charge on any atom is -0.335 e. The van der Waals surface area contributed by atoms with Gasteiger partial charge in [0.15, 0.2) is 0 Å². The van der Waals surface area contributed by atoms with Gasteiger partial charge in [-0.25, -0.2) is 0 Å². The van der Waals surface area contributed by atoms with E-state index in [-0.39, 0.29) is 44.9 Å². The zero-order valence-corrected chi connectivity index (χ0v) is 45.4. The summed E-state index contributed by atoms with van der Waals surface area (Å²) in [5, 5.41) is 0. The normalized spacial score (nSPS) is 24.5. The van der Waals surface area contributed by atoms with Crippen LogP contribution in [0.25, 0.3) is 11.1 Å². The molecule has 0 aromatic heterocycles. The monoisotopic (exact) mass is 944 g/mol. The Morgan fingerprint density at radius 2 is 1.10 bits per heavy atom. The molecule has 1 fully saturated rings. The maximum absolute atomic E-state index is 2.95. The molecule has 3 nitrogen and oxygen atoms in total. The predicted octanol–water partition coefficient (Wildman–Crippen LogP) is 15.9. The molecule has 1 saturated carbocycles. The number of benzene rings is 7. The second-order valence-electron chi connectivity index (χ2n) is 26.8. The van der Waals surface area contributed by atoms with Crippen LogP contribution in [0.2, 0.25) is 0 Å². The second kappa shape index (κ2) is 14.8. The highest BCUT2D eigenvalue weighted by Crippen LogP contribution is 2.66. The van der Waals surface area contributed by atoms with Crippen LogP contribution >= 0.6 is 0 Å². The zero-order valence-electron chi connectivity index (χ0n) is 45.4. The fourth-order valence-corrected chi connectivity index (χ4v) is 15.3. The van der Waals surface area contributed by atoms with Crippen molar-refractivity contribution in [2.24, 2.45) is 0 Å². The Kier molecular flexibility index (Phi) is 9.44. The van der Waals surface area contributed by atoms with Gasteiger partial charge in [-0.2, -0.15) is 0 Å². The first-order valence-corrected chi connectivity index (χ1v) is 27.4. The minimum absolute atomic E-state index is 0.0200. The molecule has 72 heavy (non-hydrogen) atoms. The van der Waals surface area contributed by atoms with Gasteiger partial charge < -0.3 is 14.7 Å². The molecule has 0 N–H and O–H groups in total. The van der Waals surface area contributed by atoms with Gasteiger partial charge in [-0.3, -0.25) is 0 Å². The summed E-state index contributed by atoms with van der Waals surface area (Å²) in [6.07, 6.45) is 7.02. The first-order valence-electron chi connectivity index (χ1n) is 27.4. The summed E-state index contributed by atoms with van der Waals surface area (Å²) in [6, 6.07) is 55.7. The van der Waals surface area contributed by atoms with Gasteiger partial charge in [0.1, 0.15) is 0 Å². The molecule has 4 heteroatoms. The summed E-state index contributed by atoms with van der Waals surface area (Å²) in [5.74, 6) is 0. The van der Waals surface area contributed by atoms with Crippen LogP contribution in [0, 0.1) is 0 Å². The van der Waals surface area contributed by atoms with Crippen LogP contribution in [0.5, 0.6) is 0 Å². The molecule has 364 valence electrons. The summed E-state index contributed by atoms with van der Waals surface area (Å²) in [6.45, 7) is 32.0. The van der Waals surface area contributed by atoms with Gasteiger partial charge in [0.25, 0.3) is 6.71 Å². The molecular weight excluding hydrogens is 870 g/mol. The maximum Gasteiger partial charge on any atom is 0.252 e. The molecule has 0 spiro atoms. The molecule has 2 aliphatic carbocycles. The number of hydrogen-bond donors (Lipinski definition) is 0. The van der Waals surface area contributed by atoms with Crippen LogP contribution in [0.15, 0.2) is 140 Å². The van der Waals surface area contributed by atoms with E-state index in [1.807, 2.05) is 0 Å². The molecule has 4 atom stereocenters. The van der Waals surface area contributed by atoms with Gasteiger partial charge in [0, 0.05) is 50.5 Å². The highest BCUT2D eigenvalue weighted by Gasteiger charge is 2.63. The molecule has 7 aromatic carbocycles. The number of fused-ring (bicyclic) bond motifs is 12. The molecule has 0 saturated heterocycles. The van der Waals surface area contributed by atoms with Crippen molar-refractivity contribution in [1.29, 1.82) is 0 Å². The number of nitrogens with zero attached hydrogens (tertiary/aromatic N) is 3. The van der Waals surface area contributed by atoms with Gasteiger partial charge in [-0.05, 0) is 153 Å². The number of para-hydroxylation sites is 1. The van der Waals surface area contributed by atoms with Crippen LogP contribution in [0.1, 0.15) is 161 Å². The Labute approximate surface area is 431 Å². The average Bonchev–Trinajstić information content (AvgIpc) is 3.70. The van der Waals surface area contributed by atoms with Crippen molar-refractivity contribution in [2.45, 2.75) is 167 Å². The van der Waals surface area contributed by atoms with Gasteiger partial charge in [0.05, 0.1) is 16.8 Å². The Bertz CT molecular complexity index is 3420. The lowest BCUT2D eigenvalue weighted by Gasteiger charge is -2.54. The zero-order chi connectivity index (χ0) is 50.3. The van der Waals surface area contributed by atoms with E-state index in [0.717, 1.165) is 19.3 Å². The first kappa shape index (κ1) is 45.8. The van der Waals surface area contributed by atoms with Crippen molar-refractivity contribution in [1.82, 2.24) is 0 Å². The third-order valence-corrected chi connectivity index (χ3v) is 19.9. The predicted molar refractivity (Wildman–Crippen MR) is 308 cm³/mol. The Balaban J connectivity index is 1.21. The molecule has 13 rings (SSSR count). The summed E-state index contributed by atoms with van der Waals surface area (Å²) in [5.41, 5.74) is 25.5. The topological polar surface area (TPSA) is 9.72 Å². The van der Waals surface area contributed by atoms with E-state index in [2.05, 4.69) is 244 Å². The number of hydrogen-bond acceptors (Lipinski definition) is 3. The number of anilines is 7. The summed E-state index contributed by atoms with van der Waals surface area (Å²) in [7, 11) is 0. The smallest absolute Gasteiger partial charge is 0.252 e. The Morgan fingerprint density at radius 1 is 0.458 bits per heavy atom. The highest BCUT2D eigenvalue weighted by molar-refractivity contribution is 7.00. The minimum atomic E-state index is -0.347. The average molecular weight is 944 g/mol. The van der Waals surface area contributed by atoms with Gasteiger partial charge >= 0.3 is 0 Å². The largest absolute Gasteiger partial charge is 0.335 e. The van der Waals surface area contributed by atoms with Crippen molar-refractivity contribution < 1.29 is 0 Å². The van der Waals surface area contributed by atoms with Crippen LogP contribution in [-0.4, -0.2) is 12.3 Å². The lowest BCUT2D eigenvalue weighted by atomic mass is 9.33. The molecule has 4 aliphatic heterocycles. The first-order chi connectivity index (χ1) is 34.1. The van der Waals surface area contributed by atoms with Crippen molar-refractivity contribution in [3.8, 4) is 11.1 Å². The van der Waals surface area contributed by atoms with E-state index >= 15 is 0 Å². The summed E-state index contributed by atoms with van der Waals surface area (Å²) in [4.78, 5) is 8.52. The van der Waals surface area contributed by atoms with E-state index in [1.54, 1.807) is 5.56 Å². The molecule has 6 aliphatic rings. The van der Waals surface area contributed by atoms with E-state index in [9.17, 15) is 0 Å². The summed E-state index contributed by atoms with van der Waals surface area (Å²) < 4.78 is 0. The van der Waals surface area contributed by atoms with Gasteiger partial charge in [0.2, 0.25) is 0 Å². The van der Waals surface area contributed by atoms with Crippen LogP contribution < -0.4 is 31.1 Å². The van der Waals surface area contributed by atoms with Crippen LogP contribution in [0.3, 0.4) is 0 Å². The summed E-state index contributed by atoms with van der Waals surface area (Å²) >= 11 is 0. The highest BCUT2D eigenvalue weighted by atomic mass is 15.3. The van der Waals surface area contributed by atoms with Crippen molar-refractivity contribution in [3.05, 3.63) is 178 Å². The van der Waals surface area contributed by atoms with Crippen molar-refractivity contribution in [3.63, 3.8) is 0 Å². The van der Waals surface area contributed by atoms with Crippen molar-refractivity contribution >= 4 is 62.9 Å². The molecule has 0 radical (unpaired) electrons. The van der Waals surface area contributed by atoms with Crippen molar-refractivity contribution in [2.75, 3.05) is 14.7 Å². The maximum atomic E-state index is 2.95. The Hall–Kier alpha value is -6.00. The third-order valence-electron chi connectivity index (χ3n) is 19.9. The fraction of sp³-hybridized carbons (Fsp3) is 0.382. The van der Waals surface area contributed by atoms with E-state index in [4.69, 9.17) is 0 Å². The van der Waals surface area contributed by atoms with Gasteiger partial charge in [-0.15, -0.1) is 0 Å². The van der Waals surface area contributed by atoms with Crippen LogP contribution in [0.4, 0.5) is 39.8 Å². The lowest BCUT2D eigenvalue weighted by Crippen LogP contribution is -2.64. The van der Waals surface area contributed by atoms with E-state index in [0.29, 0.717) is 0 Å². The quantitative estimate of drug-likeness (QED) is 0.163. The third kappa shape index (κ3) is 5.93. The van der Waals surface area contributed by atoms with Gasteiger partial charge in [-0.1, -0.05) is 192 Å².